The van der Waals surface area contributed by atoms with Crippen LogP contribution in [0.15, 0.2) is 23.3 Å². The Morgan fingerprint density at radius 3 is 1.86 bits per heavy atom. The standard InChI is InChI=1S/C21H39N/c1-10-19(6,11-2)17-14-15-18(16(17)5)20(7,12-3)21(8,13-4)22-9/h14-15,18,22H,10-13H2,1-9H3. The maximum absolute atomic E-state index is 3.64. The van der Waals surface area contributed by atoms with Gasteiger partial charge in [0, 0.05) is 11.5 Å². The fourth-order valence-corrected chi connectivity index (χ4v) is 4.45. The van der Waals surface area contributed by atoms with E-state index in [0.717, 1.165) is 6.42 Å². The highest BCUT2D eigenvalue weighted by Gasteiger charge is 2.48. The van der Waals surface area contributed by atoms with Gasteiger partial charge in [-0.2, -0.15) is 0 Å². The molecule has 0 saturated heterocycles. The minimum absolute atomic E-state index is 0.155. The van der Waals surface area contributed by atoms with Crippen molar-refractivity contribution in [2.75, 3.05) is 7.05 Å². The van der Waals surface area contributed by atoms with Crippen LogP contribution in [0, 0.1) is 16.7 Å². The maximum atomic E-state index is 3.64. The van der Waals surface area contributed by atoms with E-state index in [9.17, 15) is 0 Å². The molecule has 1 aliphatic carbocycles. The van der Waals surface area contributed by atoms with E-state index < -0.39 is 0 Å². The summed E-state index contributed by atoms with van der Waals surface area (Å²) in [6, 6.07) is 0. The van der Waals surface area contributed by atoms with Crippen molar-refractivity contribution in [3.05, 3.63) is 23.3 Å². The topological polar surface area (TPSA) is 12.0 Å². The van der Waals surface area contributed by atoms with Crippen molar-refractivity contribution in [1.29, 1.82) is 0 Å². The fraction of sp³-hybridized carbons (Fsp3) is 0.810. The fourth-order valence-electron chi connectivity index (χ4n) is 4.45. The second kappa shape index (κ2) is 6.91. The van der Waals surface area contributed by atoms with Gasteiger partial charge in [0.1, 0.15) is 0 Å². The maximum Gasteiger partial charge on any atom is 0.0209 e. The summed E-state index contributed by atoms with van der Waals surface area (Å²) >= 11 is 0. The van der Waals surface area contributed by atoms with Crippen LogP contribution in [-0.4, -0.2) is 12.6 Å². The van der Waals surface area contributed by atoms with Crippen LogP contribution in [0.25, 0.3) is 0 Å². The highest BCUT2D eigenvalue weighted by molar-refractivity contribution is 5.42. The number of allylic oxidation sites excluding steroid dienone is 4. The number of rotatable bonds is 8. The summed E-state index contributed by atoms with van der Waals surface area (Å²) in [5.41, 5.74) is 3.91. The molecule has 3 unspecified atom stereocenters. The van der Waals surface area contributed by atoms with Crippen LogP contribution in [0.3, 0.4) is 0 Å². The summed E-state index contributed by atoms with van der Waals surface area (Å²) in [4.78, 5) is 0. The van der Waals surface area contributed by atoms with E-state index in [1.807, 2.05) is 0 Å². The Balaban J connectivity index is 3.34. The van der Waals surface area contributed by atoms with Crippen LogP contribution in [0.4, 0.5) is 0 Å². The molecule has 0 bridgehead atoms. The Bertz CT molecular complexity index is 435. The summed E-state index contributed by atoms with van der Waals surface area (Å²) in [5, 5.41) is 3.64. The second-order valence-corrected chi connectivity index (χ2v) is 7.91. The lowest BCUT2D eigenvalue weighted by Crippen LogP contribution is -2.56. The zero-order valence-electron chi connectivity index (χ0n) is 16.6. The molecule has 128 valence electrons. The summed E-state index contributed by atoms with van der Waals surface area (Å²) in [6.45, 7) is 19.0. The molecule has 0 aromatic carbocycles. The molecule has 22 heavy (non-hydrogen) atoms. The monoisotopic (exact) mass is 305 g/mol. The molecule has 0 aromatic rings. The van der Waals surface area contributed by atoms with E-state index in [-0.39, 0.29) is 11.0 Å². The highest BCUT2D eigenvalue weighted by Crippen LogP contribution is 2.52. The van der Waals surface area contributed by atoms with Gasteiger partial charge in [0.05, 0.1) is 0 Å². The van der Waals surface area contributed by atoms with Crippen LogP contribution < -0.4 is 5.32 Å². The van der Waals surface area contributed by atoms with E-state index in [0.29, 0.717) is 11.3 Å². The molecule has 0 saturated carbocycles. The van der Waals surface area contributed by atoms with Crippen molar-refractivity contribution >= 4 is 0 Å². The Kier molecular flexibility index (Phi) is 6.12. The molecule has 1 rings (SSSR count). The van der Waals surface area contributed by atoms with Crippen LogP contribution >= 0.6 is 0 Å². The Labute approximate surface area is 139 Å². The van der Waals surface area contributed by atoms with Crippen LogP contribution in [-0.2, 0) is 0 Å². The van der Waals surface area contributed by atoms with Gasteiger partial charge in [0.15, 0.2) is 0 Å². The van der Waals surface area contributed by atoms with Crippen molar-refractivity contribution in [3.8, 4) is 0 Å². The number of nitrogens with one attached hydrogen (secondary N) is 1. The molecule has 0 radical (unpaired) electrons. The molecule has 1 aliphatic rings. The van der Waals surface area contributed by atoms with E-state index in [2.05, 4.69) is 79.9 Å². The van der Waals surface area contributed by atoms with Gasteiger partial charge in [-0.15, -0.1) is 0 Å². The van der Waals surface area contributed by atoms with Gasteiger partial charge in [0.25, 0.3) is 0 Å². The lowest BCUT2D eigenvalue weighted by Gasteiger charge is -2.50. The van der Waals surface area contributed by atoms with Crippen LogP contribution in [0.1, 0.15) is 81.1 Å². The molecular formula is C21H39N. The molecule has 1 nitrogen and oxygen atoms in total. The highest BCUT2D eigenvalue weighted by atomic mass is 15.0. The smallest absolute Gasteiger partial charge is 0.0209 e. The zero-order valence-corrected chi connectivity index (χ0v) is 16.6. The summed E-state index contributed by atoms with van der Waals surface area (Å²) in [7, 11) is 2.12. The third kappa shape index (κ3) is 2.82. The van der Waals surface area contributed by atoms with Gasteiger partial charge in [-0.05, 0) is 63.0 Å². The molecule has 1 N–H and O–H groups in total. The van der Waals surface area contributed by atoms with Gasteiger partial charge in [-0.1, -0.05) is 59.3 Å². The quantitative estimate of drug-likeness (QED) is 0.569. The molecule has 0 aliphatic heterocycles. The van der Waals surface area contributed by atoms with Gasteiger partial charge < -0.3 is 5.32 Å². The van der Waals surface area contributed by atoms with Crippen LogP contribution in [0.2, 0.25) is 0 Å². The lowest BCUT2D eigenvalue weighted by atomic mass is 9.59. The van der Waals surface area contributed by atoms with E-state index in [1.165, 1.54) is 19.3 Å². The first-order valence-electron chi connectivity index (χ1n) is 9.28. The Morgan fingerprint density at radius 1 is 0.955 bits per heavy atom. The van der Waals surface area contributed by atoms with Crippen LogP contribution in [0.5, 0.6) is 0 Å². The van der Waals surface area contributed by atoms with Crippen molar-refractivity contribution in [2.24, 2.45) is 16.7 Å². The Morgan fingerprint density at radius 2 is 1.50 bits per heavy atom. The minimum Gasteiger partial charge on any atom is -0.314 e. The summed E-state index contributed by atoms with van der Waals surface area (Å²) in [6.07, 6.45) is 9.70. The first-order chi connectivity index (χ1) is 10.2. The van der Waals surface area contributed by atoms with E-state index in [4.69, 9.17) is 0 Å². The first kappa shape index (κ1) is 19.5. The average Bonchev–Trinajstić information content (AvgIpc) is 2.95. The molecule has 0 heterocycles. The predicted molar refractivity (Wildman–Crippen MR) is 100 cm³/mol. The van der Waals surface area contributed by atoms with E-state index >= 15 is 0 Å². The SMILES string of the molecule is CCC(C)(CC)C1=C(C)C(C(C)(CC)C(C)(CC)NC)C=C1. The van der Waals surface area contributed by atoms with Gasteiger partial charge in [-0.3, -0.25) is 0 Å². The third-order valence-corrected chi connectivity index (χ3v) is 7.50. The molecule has 0 fully saturated rings. The molecule has 0 amide bonds. The zero-order chi connectivity index (χ0) is 17.2. The molecule has 0 aromatic heterocycles. The van der Waals surface area contributed by atoms with Crippen molar-refractivity contribution in [1.82, 2.24) is 5.32 Å². The molecular weight excluding hydrogens is 266 g/mol. The van der Waals surface area contributed by atoms with Crippen molar-refractivity contribution in [2.45, 2.75) is 86.6 Å². The number of hydrogen-bond donors (Lipinski definition) is 1. The molecule has 0 spiro atoms. The predicted octanol–water partition coefficient (Wildman–Crippen LogP) is 6.12. The second-order valence-electron chi connectivity index (χ2n) is 7.91. The van der Waals surface area contributed by atoms with Gasteiger partial charge >= 0.3 is 0 Å². The number of hydrogen-bond acceptors (Lipinski definition) is 1. The lowest BCUT2D eigenvalue weighted by molar-refractivity contribution is 0.0792. The van der Waals surface area contributed by atoms with E-state index in [1.54, 1.807) is 11.1 Å². The average molecular weight is 306 g/mol. The Hall–Kier alpha value is -0.560. The summed E-state index contributed by atoms with van der Waals surface area (Å²) < 4.78 is 0. The van der Waals surface area contributed by atoms with Gasteiger partial charge in [0.2, 0.25) is 0 Å². The molecule has 1 heteroatoms. The first-order valence-corrected chi connectivity index (χ1v) is 9.28. The minimum atomic E-state index is 0.155. The normalized spacial score (nSPS) is 24.5. The molecule has 3 atom stereocenters. The van der Waals surface area contributed by atoms with Crippen molar-refractivity contribution in [3.63, 3.8) is 0 Å². The third-order valence-electron chi connectivity index (χ3n) is 7.50. The van der Waals surface area contributed by atoms with Gasteiger partial charge in [-0.25, -0.2) is 0 Å². The summed E-state index contributed by atoms with van der Waals surface area (Å²) in [5.74, 6) is 0.544. The van der Waals surface area contributed by atoms with Crippen molar-refractivity contribution < 1.29 is 0 Å². The largest absolute Gasteiger partial charge is 0.314 e.